The Morgan fingerprint density at radius 3 is 1.96 bits per heavy atom. The van der Waals surface area contributed by atoms with Gasteiger partial charge in [-0.15, -0.1) is 0 Å². The van der Waals surface area contributed by atoms with E-state index in [1.807, 2.05) is 0 Å². The molecule has 4 aromatic rings. The number of rotatable bonds is 3. The van der Waals surface area contributed by atoms with Crippen LogP contribution in [-0.4, -0.2) is 9.38 Å². The van der Waals surface area contributed by atoms with Crippen LogP contribution in [0, 0.1) is 29.1 Å². The van der Waals surface area contributed by atoms with Crippen LogP contribution < -0.4 is 0 Å². The lowest BCUT2D eigenvalue weighted by atomic mass is 10.2. The molecular weight excluding hydrogens is 383 g/mol. The van der Waals surface area contributed by atoms with Crippen LogP contribution in [0.3, 0.4) is 0 Å². The van der Waals surface area contributed by atoms with Crippen LogP contribution in [0.25, 0.3) is 16.9 Å². The summed E-state index contributed by atoms with van der Waals surface area (Å²) in [5.74, 6) is -9.89. The van der Waals surface area contributed by atoms with Crippen molar-refractivity contribution in [2.24, 2.45) is 0 Å². The molecule has 2 aromatic heterocycles. The molecule has 0 bridgehead atoms. The zero-order valence-corrected chi connectivity index (χ0v) is 14.2. The van der Waals surface area contributed by atoms with E-state index in [4.69, 9.17) is 0 Å². The average Bonchev–Trinajstić information content (AvgIpc) is 3.07. The minimum Gasteiger partial charge on any atom is -0.294 e. The number of pyridine rings is 1. The number of hydrogen-bond acceptors (Lipinski definition) is 2. The van der Waals surface area contributed by atoms with E-state index in [1.165, 1.54) is 4.40 Å². The second kappa shape index (κ2) is 6.70. The topological polar surface area (TPSA) is 17.3 Å². The highest BCUT2D eigenvalue weighted by atomic mass is 32.2. The van der Waals surface area contributed by atoms with Crippen molar-refractivity contribution in [3.05, 3.63) is 83.8 Å². The number of imidazole rings is 1. The van der Waals surface area contributed by atoms with E-state index >= 15 is 0 Å². The van der Waals surface area contributed by atoms with Crippen molar-refractivity contribution in [3.8, 4) is 11.3 Å². The summed E-state index contributed by atoms with van der Waals surface area (Å²) in [6, 6.07) is 13.9. The quantitative estimate of drug-likeness (QED) is 0.247. The zero-order valence-electron chi connectivity index (χ0n) is 13.4. The first-order valence-electron chi connectivity index (χ1n) is 7.71. The lowest BCUT2D eigenvalue weighted by Gasteiger charge is -2.09. The zero-order chi connectivity index (χ0) is 19.1. The van der Waals surface area contributed by atoms with Crippen molar-refractivity contribution < 1.29 is 22.0 Å². The van der Waals surface area contributed by atoms with Gasteiger partial charge in [-0.05, 0) is 12.1 Å². The van der Waals surface area contributed by atoms with Crippen LogP contribution in [-0.2, 0) is 0 Å². The van der Waals surface area contributed by atoms with Crippen LogP contribution in [0.15, 0.2) is 64.6 Å². The van der Waals surface area contributed by atoms with Gasteiger partial charge in [-0.25, -0.2) is 26.9 Å². The third-order valence-electron chi connectivity index (χ3n) is 3.90. The van der Waals surface area contributed by atoms with Crippen molar-refractivity contribution >= 4 is 17.4 Å². The van der Waals surface area contributed by atoms with Crippen molar-refractivity contribution in [3.63, 3.8) is 0 Å². The molecule has 4 rings (SSSR count). The second-order valence-electron chi connectivity index (χ2n) is 5.56. The first-order chi connectivity index (χ1) is 13.0. The Labute approximate surface area is 154 Å². The van der Waals surface area contributed by atoms with Gasteiger partial charge in [-0.2, -0.15) is 0 Å². The second-order valence-corrected chi connectivity index (χ2v) is 6.56. The maximum Gasteiger partial charge on any atom is 0.200 e. The molecule has 2 aromatic carbocycles. The van der Waals surface area contributed by atoms with Crippen LogP contribution >= 0.6 is 11.8 Å². The fourth-order valence-electron chi connectivity index (χ4n) is 2.63. The molecule has 2 nitrogen and oxygen atoms in total. The predicted molar refractivity (Wildman–Crippen MR) is 91.0 cm³/mol. The normalized spacial score (nSPS) is 11.3. The highest BCUT2D eigenvalue weighted by Gasteiger charge is 2.28. The third-order valence-corrected chi connectivity index (χ3v) is 5.05. The number of nitrogens with zero attached hydrogens (tertiary/aromatic N) is 2. The predicted octanol–water partition coefficient (Wildman–Crippen LogP) is 5.85. The van der Waals surface area contributed by atoms with Crippen molar-refractivity contribution in [2.45, 2.75) is 9.92 Å². The van der Waals surface area contributed by atoms with Gasteiger partial charge >= 0.3 is 0 Å². The van der Waals surface area contributed by atoms with Gasteiger partial charge in [0.2, 0.25) is 5.82 Å². The maximum absolute atomic E-state index is 14.2. The Morgan fingerprint density at radius 1 is 0.704 bits per heavy atom. The Morgan fingerprint density at radius 2 is 1.30 bits per heavy atom. The number of halogens is 5. The molecule has 0 aliphatic carbocycles. The number of fused-ring (bicyclic) bond motifs is 1. The Kier molecular flexibility index (Phi) is 4.35. The summed E-state index contributed by atoms with van der Waals surface area (Å²) in [6.45, 7) is 0. The Balaban J connectivity index is 1.96. The summed E-state index contributed by atoms with van der Waals surface area (Å²) in [4.78, 5) is 3.46. The van der Waals surface area contributed by atoms with Gasteiger partial charge in [0, 0.05) is 11.8 Å². The standard InChI is InChI=1S/C19H9F5N2S/c20-12-13(21)15(23)18(16(24)14(12)22)27-19-17(10-6-2-1-3-7-10)25-11-8-4-5-9-26(11)19/h1-9H. The summed E-state index contributed by atoms with van der Waals surface area (Å²) in [7, 11) is 0. The van der Waals surface area contributed by atoms with Crippen molar-refractivity contribution in [1.82, 2.24) is 9.38 Å². The van der Waals surface area contributed by atoms with E-state index in [0.29, 0.717) is 28.7 Å². The van der Waals surface area contributed by atoms with Crippen molar-refractivity contribution in [2.75, 3.05) is 0 Å². The van der Waals surface area contributed by atoms with Gasteiger partial charge in [0.05, 0.1) is 4.90 Å². The average molecular weight is 392 g/mol. The monoisotopic (exact) mass is 392 g/mol. The molecule has 2 heterocycles. The molecule has 0 aliphatic rings. The Bertz CT molecular complexity index is 1130. The largest absolute Gasteiger partial charge is 0.294 e. The number of hydrogen-bond donors (Lipinski definition) is 0. The summed E-state index contributed by atoms with van der Waals surface area (Å²) >= 11 is 0.439. The third kappa shape index (κ3) is 2.86. The fraction of sp³-hybridized carbons (Fsp3) is 0. The van der Waals surface area contributed by atoms with Crippen LogP contribution in [0.1, 0.15) is 0 Å². The summed E-state index contributed by atoms with van der Waals surface area (Å²) in [6.07, 6.45) is 1.60. The molecule has 0 atom stereocenters. The maximum atomic E-state index is 14.2. The van der Waals surface area contributed by atoms with E-state index < -0.39 is 34.0 Å². The lowest BCUT2D eigenvalue weighted by Crippen LogP contribution is -2.03. The van der Waals surface area contributed by atoms with Gasteiger partial charge < -0.3 is 0 Å². The first-order valence-corrected chi connectivity index (χ1v) is 8.52. The molecule has 0 aliphatic heterocycles. The van der Waals surface area contributed by atoms with E-state index in [0.717, 1.165) is 0 Å². The van der Waals surface area contributed by atoms with Gasteiger partial charge in [0.25, 0.3) is 0 Å². The molecule has 8 heteroatoms. The van der Waals surface area contributed by atoms with Gasteiger partial charge in [-0.3, -0.25) is 4.40 Å². The van der Waals surface area contributed by atoms with E-state index in [1.54, 1.807) is 54.7 Å². The van der Waals surface area contributed by atoms with E-state index in [-0.39, 0.29) is 5.03 Å². The van der Waals surface area contributed by atoms with Gasteiger partial charge in [0.1, 0.15) is 16.4 Å². The Hall–Kier alpha value is -2.87. The molecule has 27 heavy (non-hydrogen) atoms. The van der Waals surface area contributed by atoms with Crippen LogP contribution in [0.5, 0.6) is 0 Å². The highest BCUT2D eigenvalue weighted by Crippen LogP contribution is 2.40. The van der Waals surface area contributed by atoms with E-state index in [2.05, 4.69) is 4.98 Å². The minimum absolute atomic E-state index is 0.236. The molecule has 0 radical (unpaired) electrons. The molecular formula is C19H9F5N2S. The number of benzene rings is 2. The summed E-state index contributed by atoms with van der Waals surface area (Å²) in [5.41, 5.74) is 1.49. The molecule has 0 unspecified atom stereocenters. The summed E-state index contributed by atoms with van der Waals surface area (Å²) < 4.78 is 70.3. The van der Waals surface area contributed by atoms with Gasteiger partial charge in [0.15, 0.2) is 23.3 Å². The first kappa shape index (κ1) is 17.5. The van der Waals surface area contributed by atoms with Crippen LogP contribution in [0.2, 0.25) is 0 Å². The molecule has 0 spiro atoms. The molecule has 0 N–H and O–H groups in total. The molecule has 0 saturated carbocycles. The van der Waals surface area contributed by atoms with Gasteiger partial charge in [-0.1, -0.05) is 48.2 Å². The minimum atomic E-state index is -2.18. The lowest BCUT2D eigenvalue weighted by molar-refractivity contribution is 0.361. The highest BCUT2D eigenvalue weighted by molar-refractivity contribution is 7.99. The fourth-order valence-corrected chi connectivity index (χ4v) is 3.69. The van der Waals surface area contributed by atoms with Crippen LogP contribution in [0.4, 0.5) is 22.0 Å². The number of aromatic nitrogens is 2. The summed E-state index contributed by atoms with van der Waals surface area (Å²) in [5, 5.41) is 0.236. The molecule has 136 valence electrons. The van der Waals surface area contributed by atoms with Crippen molar-refractivity contribution in [1.29, 1.82) is 0 Å². The smallest absolute Gasteiger partial charge is 0.200 e. The SMILES string of the molecule is Fc1c(F)c(F)c(Sc2c(-c3ccccc3)nc3ccccn23)c(F)c1F. The molecule has 0 amide bonds. The van der Waals surface area contributed by atoms with E-state index in [9.17, 15) is 22.0 Å². The molecule has 0 fully saturated rings. The molecule has 0 saturated heterocycles.